The molecule has 7 rings (SSSR count). The van der Waals surface area contributed by atoms with Crippen molar-refractivity contribution in [2.45, 2.75) is 107 Å². The lowest BCUT2D eigenvalue weighted by molar-refractivity contribution is -0.134. The molecule has 0 amide bonds. The van der Waals surface area contributed by atoms with Crippen LogP contribution < -0.4 is 24.6 Å². The summed E-state index contributed by atoms with van der Waals surface area (Å²) in [5.74, 6) is 1.13. The number of carbonyl (C=O) groups is 1. The number of ether oxygens (including phenoxy) is 2. The molecule has 12 heteroatoms. The summed E-state index contributed by atoms with van der Waals surface area (Å²) in [6, 6.07) is 14.0. The van der Waals surface area contributed by atoms with Crippen molar-refractivity contribution in [3.8, 4) is 17.2 Å². The van der Waals surface area contributed by atoms with Crippen LogP contribution in [0.3, 0.4) is 0 Å². The van der Waals surface area contributed by atoms with E-state index in [0.29, 0.717) is 45.4 Å². The molecule has 0 aromatic heterocycles. The molecule has 4 aromatic rings. The molecule has 0 atom stereocenters. The third kappa shape index (κ3) is 7.78. The quantitative estimate of drug-likeness (QED) is 0.0437. The average molecular weight is 760 g/mol. The lowest BCUT2D eigenvalue weighted by atomic mass is 9.86. The Hall–Kier alpha value is -4.10. The molecule has 3 aliphatic rings. The van der Waals surface area contributed by atoms with Crippen LogP contribution >= 0.6 is 0 Å². The Kier molecular flexibility index (Phi) is 10.8. The molecule has 0 fully saturated rings. The number of nitrogens with zero attached hydrogens (tertiary/aromatic N) is 1. The van der Waals surface area contributed by atoms with E-state index in [0.717, 1.165) is 92.0 Å². The highest BCUT2D eigenvalue weighted by Crippen LogP contribution is 2.44. The van der Waals surface area contributed by atoms with Crippen molar-refractivity contribution in [2.24, 2.45) is 0 Å². The minimum Gasteiger partial charge on any atom is -0.744 e. The molecular formula is C41H45NO9S2. The average Bonchev–Trinajstić information content (AvgIpc) is 3.12. The van der Waals surface area contributed by atoms with Crippen LogP contribution in [-0.4, -0.2) is 45.0 Å². The highest BCUT2D eigenvalue weighted by molar-refractivity contribution is 7.86. The standard InChI is InChI=1S/C41H45NO9S2/c1-2-3-4-5-6-7-8-9-10-15-37(43)50-29-17-20-31-27(24-29)16-19-33-38(32-21-18-30(52(44,45)46)26-36(32)53(47,48)49)35-25-28-13-11-22-42-23-12-14-34(39(28)42)41(35)51-40(31)33/h16-21,24-26H,2-15,22-23H2,1H3,(H-,44,45,46,47,48,49). The molecule has 0 aliphatic carbocycles. The third-order valence-corrected chi connectivity index (χ3v) is 12.4. The molecule has 0 unspecified atom stereocenters. The number of esters is 1. The third-order valence-electron chi connectivity index (χ3n) is 10.7. The minimum atomic E-state index is -5.03. The molecule has 4 aromatic carbocycles. The predicted molar refractivity (Wildman–Crippen MR) is 201 cm³/mol. The van der Waals surface area contributed by atoms with Crippen molar-refractivity contribution in [3.05, 3.63) is 87.4 Å². The molecule has 3 heterocycles. The van der Waals surface area contributed by atoms with Gasteiger partial charge in [-0.25, -0.2) is 13.0 Å². The Morgan fingerprint density at radius 2 is 1.53 bits per heavy atom. The van der Waals surface area contributed by atoms with Crippen molar-refractivity contribution >= 4 is 42.6 Å². The van der Waals surface area contributed by atoms with Gasteiger partial charge in [-0.05, 0) is 67.1 Å². The summed E-state index contributed by atoms with van der Waals surface area (Å²) in [4.78, 5) is 11.3. The van der Waals surface area contributed by atoms with E-state index in [-0.39, 0.29) is 11.5 Å². The van der Waals surface area contributed by atoms with Gasteiger partial charge < -0.3 is 14.0 Å². The number of aryl methyl sites for hydroxylation is 1. The monoisotopic (exact) mass is 759 g/mol. The van der Waals surface area contributed by atoms with Crippen LogP contribution in [0.4, 0.5) is 0 Å². The Morgan fingerprint density at radius 3 is 2.25 bits per heavy atom. The van der Waals surface area contributed by atoms with Crippen molar-refractivity contribution < 1.29 is 40.2 Å². The number of hydrogen-bond donors (Lipinski definition) is 1. The van der Waals surface area contributed by atoms with Gasteiger partial charge in [-0.3, -0.25) is 9.35 Å². The maximum absolute atomic E-state index is 12.9. The van der Waals surface area contributed by atoms with Crippen molar-refractivity contribution in [3.63, 3.8) is 0 Å². The van der Waals surface area contributed by atoms with Crippen molar-refractivity contribution in [2.75, 3.05) is 13.1 Å². The summed E-state index contributed by atoms with van der Waals surface area (Å²) in [5.41, 5.74) is 3.12. The van der Waals surface area contributed by atoms with E-state index < -0.39 is 30.0 Å². The molecule has 280 valence electrons. The first-order chi connectivity index (χ1) is 25.4. The lowest BCUT2D eigenvalue weighted by Crippen LogP contribution is -2.45. The maximum atomic E-state index is 12.9. The van der Waals surface area contributed by atoms with Crippen LogP contribution in [0.2, 0.25) is 0 Å². The first kappa shape index (κ1) is 37.2. The molecule has 0 radical (unpaired) electrons. The summed E-state index contributed by atoms with van der Waals surface area (Å²) in [5, 5.41) is 3.18. The molecule has 0 saturated heterocycles. The second kappa shape index (κ2) is 15.3. The Balaban J connectivity index is 1.27. The van der Waals surface area contributed by atoms with E-state index in [1.165, 1.54) is 44.6 Å². The van der Waals surface area contributed by atoms with E-state index >= 15 is 0 Å². The van der Waals surface area contributed by atoms with Gasteiger partial charge in [0.15, 0.2) is 0 Å². The summed E-state index contributed by atoms with van der Waals surface area (Å²) in [6.07, 6.45) is 14.2. The Labute approximate surface area is 310 Å². The van der Waals surface area contributed by atoms with Gasteiger partial charge in [0.2, 0.25) is 5.36 Å². The number of benzene rings is 4. The van der Waals surface area contributed by atoms with E-state index in [2.05, 4.69) is 11.5 Å². The zero-order valence-corrected chi connectivity index (χ0v) is 31.6. The molecule has 0 spiro atoms. The number of rotatable bonds is 14. The summed E-state index contributed by atoms with van der Waals surface area (Å²) in [7, 11) is -10.0. The van der Waals surface area contributed by atoms with Gasteiger partial charge in [-0.2, -0.15) is 8.42 Å². The highest BCUT2D eigenvalue weighted by atomic mass is 32.2. The molecule has 10 nitrogen and oxygen atoms in total. The molecule has 0 saturated carbocycles. The Morgan fingerprint density at radius 1 is 0.830 bits per heavy atom. The fourth-order valence-corrected chi connectivity index (χ4v) is 9.46. The van der Waals surface area contributed by atoms with Crippen LogP contribution in [-0.2, 0) is 37.9 Å². The lowest BCUT2D eigenvalue weighted by Gasteiger charge is -2.27. The van der Waals surface area contributed by atoms with Crippen LogP contribution in [0, 0.1) is 0 Å². The first-order valence-electron chi connectivity index (χ1n) is 18.8. The number of fused-ring (bicyclic) bond motifs is 5. The topological polar surface area (TPSA) is 150 Å². The van der Waals surface area contributed by atoms with Gasteiger partial charge in [0.25, 0.3) is 10.1 Å². The van der Waals surface area contributed by atoms with Gasteiger partial charge in [0.1, 0.15) is 45.4 Å². The smallest absolute Gasteiger partial charge is 0.311 e. The van der Waals surface area contributed by atoms with Gasteiger partial charge in [0, 0.05) is 52.1 Å². The normalized spacial score (nSPS) is 15.1. The summed E-state index contributed by atoms with van der Waals surface area (Å²) in [6.45, 7) is 4.06. The molecule has 53 heavy (non-hydrogen) atoms. The first-order valence-corrected chi connectivity index (χ1v) is 21.6. The second-order valence-corrected chi connectivity index (χ2v) is 17.1. The van der Waals surface area contributed by atoms with Crippen LogP contribution in [0.5, 0.6) is 17.2 Å². The van der Waals surface area contributed by atoms with E-state index in [4.69, 9.17) is 9.47 Å². The van der Waals surface area contributed by atoms with Gasteiger partial charge >= 0.3 is 5.97 Å². The second-order valence-electron chi connectivity index (χ2n) is 14.4. The van der Waals surface area contributed by atoms with E-state index in [1.54, 1.807) is 18.2 Å². The largest absolute Gasteiger partial charge is 0.744 e. The molecular weight excluding hydrogens is 715 g/mol. The number of unbranched alkanes of at least 4 members (excludes halogenated alkanes) is 8. The van der Waals surface area contributed by atoms with Crippen LogP contribution in [0.25, 0.3) is 16.3 Å². The summed E-state index contributed by atoms with van der Waals surface area (Å²) < 4.78 is 86.9. The summed E-state index contributed by atoms with van der Waals surface area (Å²) >= 11 is 0. The molecule has 1 N–H and O–H groups in total. The van der Waals surface area contributed by atoms with Crippen LogP contribution in [0.1, 0.15) is 106 Å². The minimum absolute atomic E-state index is 0.0442. The zero-order valence-electron chi connectivity index (χ0n) is 30.0. The zero-order chi connectivity index (χ0) is 37.3. The van der Waals surface area contributed by atoms with E-state index in [9.17, 15) is 30.7 Å². The fourth-order valence-electron chi connectivity index (χ4n) is 8.16. The predicted octanol–water partition coefficient (Wildman–Crippen LogP) is 6.55. The van der Waals surface area contributed by atoms with Gasteiger partial charge in [-0.1, -0.05) is 70.4 Å². The number of carbonyl (C=O) groups excluding carboxylic acids is 1. The van der Waals surface area contributed by atoms with Crippen LogP contribution in [0.15, 0.2) is 64.4 Å². The van der Waals surface area contributed by atoms with Gasteiger partial charge in [-0.15, -0.1) is 0 Å². The van der Waals surface area contributed by atoms with E-state index in [1.807, 2.05) is 18.2 Å². The Bertz CT molecular complexity index is 2450. The highest BCUT2D eigenvalue weighted by Gasteiger charge is 2.33. The van der Waals surface area contributed by atoms with Gasteiger partial charge in [0.05, 0.1) is 10.5 Å². The molecule has 0 bridgehead atoms. The number of hydrogen-bond acceptors (Lipinski definition) is 8. The fraction of sp³-hybridized carbons (Fsp3) is 0.415. The SMILES string of the molecule is CCCCCCCCCCCC(=O)Oc1ccc2c3c(ccc2c1)C(c1ccc(S(=O)(=O)[O-])cc1S(=O)(=O)O)=c1cc2c4c(c1O3)CCC[N+]=4CCC2. The maximum Gasteiger partial charge on any atom is 0.311 e. The molecule has 3 aliphatic heterocycles. The van der Waals surface area contributed by atoms with Crippen molar-refractivity contribution in [1.29, 1.82) is 0 Å². The van der Waals surface area contributed by atoms with Crippen molar-refractivity contribution in [1.82, 2.24) is 4.58 Å².